The topological polar surface area (TPSA) is 160 Å². The molecule has 0 radical (unpaired) electrons. The molecular weight excluding hydrogens is 847 g/mol. The summed E-state index contributed by atoms with van der Waals surface area (Å²) in [4.78, 5) is 57.5. The van der Waals surface area contributed by atoms with E-state index in [0.717, 1.165) is 58.5 Å². The number of fused-ring (bicyclic) bond motifs is 4. The predicted octanol–water partition coefficient (Wildman–Crippen LogP) is 8.25. The third-order valence-corrected chi connectivity index (χ3v) is 15.3. The number of ether oxygens (including phenoxy) is 4. The molecule has 3 amide bonds. The average molecular weight is 910 g/mol. The zero-order chi connectivity index (χ0) is 46.7. The Bertz CT molecular complexity index is 2660. The largest absolute Gasteiger partial charge is 0.483 e. The van der Waals surface area contributed by atoms with Crippen LogP contribution in [0.25, 0.3) is 38.9 Å². The molecular formula is C53H63N7O7. The zero-order valence-electron chi connectivity index (χ0n) is 39.5. The molecule has 14 heteroatoms. The van der Waals surface area contributed by atoms with Crippen LogP contribution >= 0.6 is 0 Å². The Hall–Kier alpha value is -5.99. The number of hydrogen-bond acceptors (Lipinski definition) is 10. The van der Waals surface area contributed by atoms with Gasteiger partial charge in [-0.15, -0.1) is 0 Å². The van der Waals surface area contributed by atoms with Gasteiger partial charge >= 0.3 is 6.09 Å². The van der Waals surface area contributed by atoms with E-state index in [9.17, 15) is 14.4 Å². The number of amides is 3. The fraction of sp³-hybridized carbons (Fsp3) is 0.491. The summed E-state index contributed by atoms with van der Waals surface area (Å²) in [6, 6.07) is 18.4. The number of carbonyl (C=O) groups excluding carboxylic acids is 3. The highest BCUT2D eigenvalue weighted by molar-refractivity contribution is 6.04. The number of nitrogens with zero attached hydrogens (tertiary/aromatic N) is 4. The van der Waals surface area contributed by atoms with Gasteiger partial charge in [-0.3, -0.25) is 14.6 Å². The Balaban J connectivity index is 0.870. The van der Waals surface area contributed by atoms with Crippen LogP contribution in [-0.2, 0) is 35.0 Å². The Labute approximate surface area is 392 Å². The van der Waals surface area contributed by atoms with Crippen LogP contribution in [0.2, 0.25) is 0 Å². The van der Waals surface area contributed by atoms with Crippen molar-refractivity contribution >= 4 is 40.2 Å². The van der Waals surface area contributed by atoms with E-state index in [1.807, 2.05) is 43.7 Å². The molecule has 4 aliphatic heterocycles. The smallest absolute Gasteiger partial charge is 0.407 e. The Morgan fingerprint density at radius 3 is 2.24 bits per heavy atom. The monoisotopic (exact) mass is 909 g/mol. The van der Waals surface area contributed by atoms with Gasteiger partial charge in [0.15, 0.2) is 11.7 Å². The van der Waals surface area contributed by atoms with Crippen LogP contribution in [0.3, 0.4) is 0 Å². The van der Waals surface area contributed by atoms with E-state index in [0.29, 0.717) is 56.9 Å². The molecule has 3 saturated heterocycles. The SMILES string of the molecule is C=C(N[C@H](C(=O)N1CC2(C[C@H]1C1=NC=C(c3ccc(-c4ccc(-c5ccc6nc([C@@H]7CCCN7C(=O)[C@@H](NC(=O)OC)C(C)C)[nH]c6c5)c5c4C4CCC4C5)cc3)C1)OCCO2)C(C)C)OC. The van der Waals surface area contributed by atoms with E-state index >= 15 is 0 Å². The molecule has 3 N–H and O–H groups in total. The molecule has 4 aromatic rings. The highest BCUT2D eigenvalue weighted by Crippen LogP contribution is 2.56. The van der Waals surface area contributed by atoms with Crippen molar-refractivity contribution in [3.63, 3.8) is 0 Å². The highest BCUT2D eigenvalue weighted by atomic mass is 16.7. The minimum atomic E-state index is -0.830. The van der Waals surface area contributed by atoms with Crippen molar-refractivity contribution in [1.29, 1.82) is 0 Å². The summed E-state index contributed by atoms with van der Waals surface area (Å²) in [5.41, 5.74) is 12.8. The second kappa shape index (κ2) is 17.9. The molecule has 1 spiro atoms. The number of alkyl carbamates (subject to hydrolysis) is 1. The summed E-state index contributed by atoms with van der Waals surface area (Å²) in [5.74, 6) is 1.23. The summed E-state index contributed by atoms with van der Waals surface area (Å²) in [7, 11) is 2.85. The van der Waals surface area contributed by atoms with E-state index in [1.54, 1.807) is 7.11 Å². The average Bonchev–Trinajstić information content (AvgIpc) is 4.19. The van der Waals surface area contributed by atoms with E-state index in [1.165, 1.54) is 47.8 Å². The summed E-state index contributed by atoms with van der Waals surface area (Å²) < 4.78 is 22.4. The van der Waals surface area contributed by atoms with Crippen molar-refractivity contribution in [1.82, 2.24) is 30.4 Å². The number of H-pyrrole nitrogens is 1. The first-order chi connectivity index (χ1) is 32.3. The lowest BCUT2D eigenvalue weighted by molar-refractivity contribution is -0.153. The maximum atomic E-state index is 14.2. The molecule has 1 saturated carbocycles. The lowest BCUT2D eigenvalue weighted by Gasteiger charge is -2.31. The number of carbonyl (C=O) groups is 3. The van der Waals surface area contributed by atoms with Gasteiger partial charge in [0.05, 0.1) is 57.1 Å². The van der Waals surface area contributed by atoms with Crippen LogP contribution in [0.15, 0.2) is 78.3 Å². The number of likely N-dealkylation sites (tertiary alicyclic amines) is 2. The molecule has 4 fully saturated rings. The first-order valence-electron chi connectivity index (χ1n) is 24.1. The number of aliphatic imine (C=N–C) groups is 1. The molecule has 3 aromatic carbocycles. The molecule has 352 valence electrons. The van der Waals surface area contributed by atoms with E-state index < -0.39 is 24.0 Å². The fourth-order valence-corrected chi connectivity index (χ4v) is 11.5. The number of nitrogens with one attached hydrogen (secondary N) is 3. The second-order valence-electron chi connectivity index (χ2n) is 19.9. The molecule has 0 bridgehead atoms. The summed E-state index contributed by atoms with van der Waals surface area (Å²) >= 11 is 0. The Morgan fingerprint density at radius 2 is 1.54 bits per heavy atom. The summed E-state index contributed by atoms with van der Waals surface area (Å²) in [6.45, 7) is 13.7. The lowest BCUT2D eigenvalue weighted by atomic mass is 9.73. The normalized spacial score (nSPS) is 23.5. The van der Waals surface area contributed by atoms with Crippen molar-refractivity contribution in [2.45, 2.75) is 109 Å². The number of rotatable bonds is 13. The zero-order valence-corrected chi connectivity index (χ0v) is 39.5. The number of methoxy groups -OCH3 is 2. The van der Waals surface area contributed by atoms with Gasteiger partial charge in [0, 0.05) is 31.3 Å². The molecule has 1 aromatic heterocycles. The highest BCUT2D eigenvalue weighted by Gasteiger charge is 2.53. The van der Waals surface area contributed by atoms with Crippen LogP contribution in [0, 0.1) is 17.8 Å². The van der Waals surface area contributed by atoms with Crippen LogP contribution < -0.4 is 10.6 Å². The number of hydrogen-bond donors (Lipinski definition) is 3. The molecule has 5 heterocycles. The quantitative estimate of drug-likeness (QED) is 0.112. The minimum absolute atomic E-state index is 0.00851. The Kier molecular flexibility index (Phi) is 12.0. The van der Waals surface area contributed by atoms with Gasteiger partial charge < -0.3 is 44.4 Å². The predicted molar refractivity (Wildman–Crippen MR) is 257 cm³/mol. The number of imidazole rings is 1. The van der Waals surface area contributed by atoms with Gasteiger partial charge in [-0.2, -0.15) is 0 Å². The van der Waals surface area contributed by atoms with Gasteiger partial charge in [0.1, 0.15) is 17.9 Å². The second-order valence-corrected chi connectivity index (χ2v) is 19.9. The van der Waals surface area contributed by atoms with Crippen molar-refractivity contribution in [2.75, 3.05) is 40.5 Å². The number of allylic oxidation sites excluding steroid dienone is 1. The van der Waals surface area contributed by atoms with Crippen molar-refractivity contribution < 1.29 is 33.3 Å². The van der Waals surface area contributed by atoms with Gasteiger partial charge in [-0.25, -0.2) is 9.78 Å². The van der Waals surface area contributed by atoms with Crippen molar-refractivity contribution in [3.05, 3.63) is 95.8 Å². The van der Waals surface area contributed by atoms with Gasteiger partial charge in [-0.1, -0.05) is 70.2 Å². The first kappa shape index (κ1) is 44.8. The molecule has 6 aliphatic rings. The minimum Gasteiger partial charge on any atom is -0.483 e. The molecule has 2 aliphatic carbocycles. The number of benzene rings is 3. The van der Waals surface area contributed by atoms with Crippen LogP contribution in [0.5, 0.6) is 0 Å². The van der Waals surface area contributed by atoms with E-state index in [4.69, 9.17) is 28.9 Å². The molecule has 6 atom stereocenters. The van der Waals surface area contributed by atoms with Gasteiger partial charge in [0.25, 0.3) is 0 Å². The van der Waals surface area contributed by atoms with E-state index in [-0.39, 0.29) is 35.7 Å². The first-order valence-corrected chi connectivity index (χ1v) is 24.1. The van der Waals surface area contributed by atoms with Crippen LogP contribution in [0.1, 0.15) is 101 Å². The fourth-order valence-electron chi connectivity index (χ4n) is 11.5. The van der Waals surface area contributed by atoms with Crippen molar-refractivity contribution in [3.8, 4) is 22.3 Å². The maximum Gasteiger partial charge on any atom is 0.407 e. The van der Waals surface area contributed by atoms with E-state index in [2.05, 4.69) is 76.8 Å². The van der Waals surface area contributed by atoms with Gasteiger partial charge in [-0.05, 0) is 119 Å². The molecule has 67 heavy (non-hydrogen) atoms. The number of aromatic nitrogens is 2. The summed E-state index contributed by atoms with van der Waals surface area (Å²) in [6.07, 6.45) is 7.70. The molecule has 2 unspecified atom stereocenters. The third kappa shape index (κ3) is 8.19. The van der Waals surface area contributed by atoms with Crippen molar-refractivity contribution in [2.24, 2.45) is 22.7 Å². The maximum absolute atomic E-state index is 14.2. The van der Waals surface area contributed by atoms with Crippen LogP contribution in [0.4, 0.5) is 4.79 Å². The summed E-state index contributed by atoms with van der Waals surface area (Å²) in [5, 5.41) is 5.93. The molecule has 10 rings (SSSR count). The number of aromatic amines is 1. The van der Waals surface area contributed by atoms with Gasteiger partial charge in [0.2, 0.25) is 11.8 Å². The molecule has 14 nitrogen and oxygen atoms in total. The van der Waals surface area contributed by atoms with Crippen LogP contribution in [-0.4, -0.2) is 108 Å². The third-order valence-electron chi connectivity index (χ3n) is 15.3. The standard InChI is InChI=1S/C53H63N7O7/c1-29(2)47(55-31(5)64-6)51(62)60-28-53(66-21-22-67-53)26-45(60)43-25-36(27-54-43)32-10-12-33(13-11-32)38-18-17-37(40-23-34-14-16-39(34)46(38)40)35-15-19-41-42(24-35)57-49(56-41)44-9-8-20-59(44)50(61)48(30(3)4)58-52(63)65-7/h10-13,15,17-19,24,27,29-30,34,39,44-45,47-48,55H,5,8-9,14,16,20-23,25-26,28H2,1-4,6-7H3,(H,56,57)(H,58,63)/t34?,39?,44-,45-,47-,48-/m0/s1. The Morgan fingerprint density at radius 1 is 0.836 bits per heavy atom. The lowest BCUT2D eigenvalue weighted by Crippen LogP contribution is -2.52.